The fourth-order valence-electron chi connectivity index (χ4n) is 3.78. The van der Waals surface area contributed by atoms with Crippen molar-refractivity contribution in [3.05, 3.63) is 60.2 Å². The minimum absolute atomic E-state index is 0.0160. The van der Waals surface area contributed by atoms with Crippen molar-refractivity contribution in [2.24, 2.45) is 0 Å². The Labute approximate surface area is 165 Å². The van der Waals surface area contributed by atoms with Crippen molar-refractivity contribution in [1.82, 2.24) is 4.90 Å². The highest BCUT2D eigenvalue weighted by Crippen LogP contribution is 2.54. The van der Waals surface area contributed by atoms with E-state index in [0.29, 0.717) is 24.3 Å². The number of nitrogens with zero attached hydrogens (tertiary/aromatic N) is 1. The molecule has 2 fully saturated rings. The SMILES string of the molecule is O=C(Nc1ccc(OC(F)F)cc1)[C@H]1CS[C@]2(c3ccccc3)CCC(=O)N12. The molecule has 0 unspecified atom stereocenters. The average molecular weight is 404 g/mol. The van der Waals surface area contributed by atoms with Crippen molar-refractivity contribution in [2.75, 3.05) is 11.1 Å². The highest BCUT2D eigenvalue weighted by atomic mass is 32.2. The first-order chi connectivity index (χ1) is 13.5. The molecule has 2 aliphatic heterocycles. The lowest BCUT2D eigenvalue weighted by Gasteiger charge is -2.34. The maximum atomic E-state index is 12.9. The van der Waals surface area contributed by atoms with Gasteiger partial charge in [-0.25, -0.2) is 0 Å². The normalized spacial score (nSPS) is 23.8. The lowest BCUT2D eigenvalue weighted by molar-refractivity contribution is -0.136. The van der Waals surface area contributed by atoms with Crippen LogP contribution in [-0.4, -0.2) is 35.1 Å². The number of thioether (sulfide) groups is 1. The standard InChI is InChI=1S/C20H18F2N2O3S/c21-19(22)27-15-8-6-14(7-9-15)23-18(26)16-12-28-20(11-10-17(25)24(16)20)13-4-2-1-3-5-13/h1-9,16,19H,10-12H2,(H,23,26)/t16-,20+/m1/s1. The number of hydrogen-bond acceptors (Lipinski definition) is 4. The molecule has 4 rings (SSSR count). The van der Waals surface area contributed by atoms with E-state index in [9.17, 15) is 18.4 Å². The summed E-state index contributed by atoms with van der Waals surface area (Å²) in [6, 6.07) is 14.9. The molecule has 2 aromatic carbocycles. The Hall–Kier alpha value is -2.61. The summed E-state index contributed by atoms with van der Waals surface area (Å²) in [6.07, 6.45) is 1.08. The second kappa shape index (κ2) is 7.43. The molecular formula is C20H18F2N2O3S. The topological polar surface area (TPSA) is 58.6 Å². The van der Waals surface area contributed by atoms with Crippen molar-refractivity contribution < 1.29 is 23.1 Å². The summed E-state index contributed by atoms with van der Waals surface area (Å²) in [5.74, 6) is 0.194. The van der Waals surface area contributed by atoms with Gasteiger partial charge in [-0.1, -0.05) is 30.3 Å². The van der Waals surface area contributed by atoms with Gasteiger partial charge in [0.15, 0.2) is 0 Å². The van der Waals surface area contributed by atoms with E-state index < -0.39 is 17.5 Å². The number of anilines is 1. The van der Waals surface area contributed by atoms with Crippen molar-refractivity contribution >= 4 is 29.3 Å². The maximum absolute atomic E-state index is 12.9. The lowest BCUT2D eigenvalue weighted by atomic mass is 10.0. The number of hydrogen-bond donors (Lipinski definition) is 1. The molecule has 1 N–H and O–H groups in total. The summed E-state index contributed by atoms with van der Waals surface area (Å²) in [7, 11) is 0. The van der Waals surface area contributed by atoms with Crippen LogP contribution in [0.3, 0.4) is 0 Å². The molecule has 146 valence electrons. The molecule has 5 nitrogen and oxygen atoms in total. The summed E-state index contributed by atoms with van der Waals surface area (Å²) in [5.41, 5.74) is 1.48. The summed E-state index contributed by atoms with van der Waals surface area (Å²) in [4.78, 5) is 26.7. The van der Waals surface area contributed by atoms with Crippen LogP contribution < -0.4 is 10.1 Å². The Morgan fingerprint density at radius 3 is 2.57 bits per heavy atom. The van der Waals surface area contributed by atoms with Gasteiger partial charge in [-0.2, -0.15) is 8.78 Å². The lowest BCUT2D eigenvalue weighted by Crippen LogP contribution is -2.48. The quantitative estimate of drug-likeness (QED) is 0.823. The summed E-state index contributed by atoms with van der Waals surface area (Å²) in [6.45, 7) is -2.90. The molecule has 0 saturated carbocycles. The minimum atomic E-state index is -2.90. The van der Waals surface area contributed by atoms with Crippen LogP contribution in [0, 0.1) is 0 Å². The van der Waals surface area contributed by atoms with E-state index in [2.05, 4.69) is 10.1 Å². The Morgan fingerprint density at radius 1 is 1.18 bits per heavy atom. The first-order valence-corrected chi connectivity index (χ1v) is 9.85. The first kappa shape index (κ1) is 18.7. The predicted octanol–water partition coefficient (Wildman–Crippen LogP) is 3.82. The molecule has 2 aliphatic rings. The van der Waals surface area contributed by atoms with E-state index in [-0.39, 0.29) is 17.6 Å². The molecule has 0 bridgehead atoms. The van der Waals surface area contributed by atoms with Crippen molar-refractivity contribution in [1.29, 1.82) is 0 Å². The van der Waals surface area contributed by atoms with E-state index >= 15 is 0 Å². The largest absolute Gasteiger partial charge is 0.435 e. The van der Waals surface area contributed by atoms with Crippen LogP contribution in [0.1, 0.15) is 18.4 Å². The van der Waals surface area contributed by atoms with Crippen LogP contribution in [0.2, 0.25) is 0 Å². The van der Waals surface area contributed by atoms with Gasteiger partial charge in [0.2, 0.25) is 11.8 Å². The van der Waals surface area contributed by atoms with Crippen molar-refractivity contribution in [3.8, 4) is 5.75 Å². The van der Waals surface area contributed by atoms with Gasteiger partial charge in [0.05, 0.1) is 0 Å². The maximum Gasteiger partial charge on any atom is 0.387 e. The van der Waals surface area contributed by atoms with Gasteiger partial charge < -0.3 is 15.0 Å². The van der Waals surface area contributed by atoms with Crippen LogP contribution in [0.15, 0.2) is 54.6 Å². The van der Waals surface area contributed by atoms with Crippen molar-refractivity contribution in [3.63, 3.8) is 0 Å². The zero-order valence-corrected chi connectivity index (χ0v) is 15.6. The number of halogens is 2. The molecule has 0 spiro atoms. The Bertz CT molecular complexity index is 879. The van der Waals surface area contributed by atoms with Crippen LogP contribution in [0.25, 0.3) is 0 Å². The predicted molar refractivity (Wildman–Crippen MR) is 102 cm³/mol. The number of nitrogens with one attached hydrogen (secondary N) is 1. The molecule has 0 aliphatic carbocycles. The molecule has 28 heavy (non-hydrogen) atoms. The summed E-state index contributed by atoms with van der Waals surface area (Å²) < 4.78 is 28.8. The Morgan fingerprint density at radius 2 is 1.89 bits per heavy atom. The van der Waals surface area contributed by atoms with Crippen molar-refractivity contribution in [2.45, 2.75) is 30.4 Å². The molecule has 2 amide bonds. The number of ether oxygens (including phenoxy) is 1. The van der Waals surface area contributed by atoms with E-state index in [1.165, 1.54) is 24.3 Å². The van der Waals surface area contributed by atoms with Crippen LogP contribution >= 0.6 is 11.8 Å². The third-order valence-corrected chi connectivity index (χ3v) is 6.60. The number of carbonyl (C=O) groups is 2. The van der Waals surface area contributed by atoms with Crippen LogP contribution in [-0.2, 0) is 14.5 Å². The number of carbonyl (C=O) groups excluding carboxylic acids is 2. The first-order valence-electron chi connectivity index (χ1n) is 8.87. The monoisotopic (exact) mass is 404 g/mol. The summed E-state index contributed by atoms with van der Waals surface area (Å²) >= 11 is 1.61. The van der Waals surface area contributed by atoms with E-state index in [0.717, 1.165) is 5.56 Å². The van der Waals surface area contributed by atoms with Gasteiger partial charge in [0.1, 0.15) is 16.7 Å². The van der Waals surface area contributed by atoms with Gasteiger partial charge >= 0.3 is 6.61 Å². The fraction of sp³-hybridized carbons (Fsp3) is 0.300. The number of fused-ring (bicyclic) bond motifs is 1. The molecule has 2 aromatic rings. The highest BCUT2D eigenvalue weighted by molar-refractivity contribution is 8.00. The second-order valence-electron chi connectivity index (χ2n) is 6.63. The Balaban J connectivity index is 1.52. The fourth-order valence-corrected chi connectivity index (χ4v) is 5.43. The molecule has 8 heteroatoms. The van der Waals surface area contributed by atoms with Gasteiger partial charge in [0.25, 0.3) is 0 Å². The number of rotatable bonds is 5. The minimum Gasteiger partial charge on any atom is -0.435 e. The van der Waals surface area contributed by atoms with Crippen LogP contribution in [0.4, 0.5) is 14.5 Å². The average Bonchev–Trinajstić information content (AvgIpc) is 3.23. The van der Waals surface area contributed by atoms with Gasteiger partial charge in [-0.15, -0.1) is 11.8 Å². The van der Waals surface area contributed by atoms with E-state index in [1.807, 2.05) is 30.3 Å². The molecule has 2 saturated heterocycles. The van der Waals surface area contributed by atoms with Gasteiger partial charge in [-0.05, 0) is 36.2 Å². The molecular weight excluding hydrogens is 386 g/mol. The van der Waals surface area contributed by atoms with E-state index in [4.69, 9.17) is 0 Å². The summed E-state index contributed by atoms with van der Waals surface area (Å²) in [5, 5.41) is 2.78. The number of alkyl halides is 2. The van der Waals surface area contributed by atoms with Crippen LogP contribution in [0.5, 0.6) is 5.75 Å². The highest BCUT2D eigenvalue weighted by Gasteiger charge is 2.56. The van der Waals surface area contributed by atoms with Gasteiger partial charge in [-0.3, -0.25) is 9.59 Å². The molecule has 0 aromatic heterocycles. The molecule has 0 radical (unpaired) electrons. The zero-order chi connectivity index (χ0) is 19.7. The smallest absolute Gasteiger partial charge is 0.387 e. The Kier molecular flexibility index (Phi) is 4.97. The number of amides is 2. The molecule has 2 atom stereocenters. The zero-order valence-electron chi connectivity index (χ0n) is 14.8. The third-order valence-electron chi connectivity index (χ3n) is 5.00. The second-order valence-corrected chi connectivity index (χ2v) is 7.93. The van der Waals surface area contributed by atoms with E-state index in [1.54, 1.807) is 16.7 Å². The number of benzene rings is 2. The van der Waals surface area contributed by atoms with Gasteiger partial charge in [0, 0.05) is 17.9 Å². The third kappa shape index (κ3) is 3.32. The molecule has 2 heterocycles.